The molecule has 1 unspecified atom stereocenters. The second-order valence-electron chi connectivity index (χ2n) is 3.33. The van der Waals surface area contributed by atoms with Crippen LogP contribution in [-0.4, -0.2) is 9.78 Å². The van der Waals surface area contributed by atoms with Crippen molar-refractivity contribution in [3.63, 3.8) is 0 Å². The Morgan fingerprint density at radius 3 is 2.57 bits per heavy atom. The Kier molecular flexibility index (Phi) is 2.23. The van der Waals surface area contributed by atoms with Gasteiger partial charge in [-0.2, -0.15) is 5.10 Å². The average Bonchev–Trinajstić information content (AvgIpc) is 2.71. The van der Waals surface area contributed by atoms with E-state index >= 15 is 0 Å². The average molecular weight is 187 g/mol. The Morgan fingerprint density at radius 2 is 2.00 bits per heavy atom. The molecule has 0 aliphatic carbocycles. The zero-order valence-corrected chi connectivity index (χ0v) is 8.09. The van der Waals surface area contributed by atoms with E-state index < -0.39 is 0 Å². The fourth-order valence-electron chi connectivity index (χ4n) is 1.44. The first-order valence-electron chi connectivity index (χ1n) is 4.62. The van der Waals surface area contributed by atoms with Crippen LogP contribution in [0.1, 0.15) is 18.5 Å². The maximum absolute atomic E-state index is 5.62. The molecule has 0 fully saturated rings. The minimum absolute atomic E-state index is 0.255. The summed E-state index contributed by atoms with van der Waals surface area (Å²) in [6.45, 7) is 2.11. The summed E-state index contributed by atoms with van der Waals surface area (Å²) in [5.74, 6) is 0. The van der Waals surface area contributed by atoms with E-state index in [0.717, 1.165) is 5.69 Å². The molecule has 0 aliphatic heterocycles. The van der Waals surface area contributed by atoms with Gasteiger partial charge in [0.05, 0.1) is 6.04 Å². The number of rotatable bonds is 2. The number of anilines is 1. The van der Waals surface area contributed by atoms with Gasteiger partial charge >= 0.3 is 0 Å². The van der Waals surface area contributed by atoms with E-state index in [1.165, 1.54) is 5.56 Å². The molecule has 0 amide bonds. The van der Waals surface area contributed by atoms with Gasteiger partial charge in [0.1, 0.15) is 0 Å². The molecule has 0 spiro atoms. The van der Waals surface area contributed by atoms with Crippen molar-refractivity contribution < 1.29 is 0 Å². The molecule has 0 saturated heterocycles. The molecule has 1 heterocycles. The quantitative estimate of drug-likeness (QED) is 0.731. The lowest BCUT2D eigenvalue weighted by molar-refractivity contribution is 0.564. The summed E-state index contributed by atoms with van der Waals surface area (Å²) in [7, 11) is 0. The third kappa shape index (κ3) is 1.62. The van der Waals surface area contributed by atoms with Crippen LogP contribution in [0, 0.1) is 0 Å². The lowest BCUT2D eigenvalue weighted by atomic mass is 10.1. The third-order valence-corrected chi connectivity index (χ3v) is 2.34. The molecule has 3 heteroatoms. The van der Waals surface area contributed by atoms with Crippen molar-refractivity contribution in [2.45, 2.75) is 13.0 Å². The fourth-order valence-corrected chi connectivity index (χ4v) is 1.44. The van der Waals surface area contributed by atoms with Gasteiger partial charge < -0.3 is 5.73 Å². The highest BCUT2D eigenvalue weighted by Crippen LogP contribution is 2.17. The number of nitrogens with zero attached hydrogens (tertiary/aromatic N) is 2. The summed E-state index contributed by atoms with van der Waals surface area (Å²) in [5, 5.41) is 4.20. The van der Waals surface area contributed by atoms with Gasteiger partial charge in [-0.3, -0.25) is 4.68 Å². The topological polar surface area (TPSA) is 43.8 Å². The van der Waals surface area contributed by atoms with Crippen LogP contribution >= 0.6 is 0 Å². The van der Waals surface area contributed by atoms with Crippen molar-refractivity contribution in [1.29, 1.82) is 0 Å². The summed E-state index contributed by atoms with van der Waals surface area (Å²) in [6, 6.07) is 10.1. The molecule has 2 rings (SSSR count). The van der Waals surface area contributed by atoms with Crippen LogP contribution in [0.5, 0.6) is 0 Å². The first-order chi connectivity index (χ1) is 6.77. The van der Waals surface area contributed by atoms with Crippen molar-refractivity contribution in [1.82, 2.24) is 9.78 Å². The summed E-state index contributed by atoms with van der Waals surface area (Å²) in [4.78, 5) is 0. The molecule has 3 nitrogen and oxygen atoms in total. The Hall–Kier alpha value is -1.77. The highest BCUT2D eigenvalue weighted by molar-refractivity contribution is 5.40. The van der Waals surface area contributed by atoms with E-state index in [0.29, 0.717) is 0 Å². The standard InChI is InChI=1S/C11H13N3/c1-9(14-8-2-7-13-14)10-3-5-11(12)6-4-10/h2-9H,12H2,1H3. The van der Waals surface area contributed by atoms with Gasteiger partial charge in [0.15, 0.2) is 0 Å². The molecule has 0 aliphatic rings. The zero-order valence-electron chi connectivity index (χ0n) is 8.09. The third-order valence-electron chi connectivity index (χ3n) is 2.34. The van der Waals surface area contributed by atoms with Crippen LogP contribution in [-0.2, 0) is 0 Å². The van der Waals surface area contributed by atoms with Crippen LogP contribution < -0.4 is 5.73 Å². The summed E-state index contributed by atoms with van der Waals surface area (Å²) < 4.78 is 1.92. The molecule has 1 aromatic carbocycles. The molecule has 1 atom stereocenters. The minimum Gasteiger partial charge on any atom is -0.399 e. The van der Waals surface area contributed by atoms with Gasteiger partial charge in [-0.25, -0.2) is 0 Å². The Balaban J connectivity index is 2.28. The molecule has 0 radical (unpaired) electrons. The van der Waals surface area contributed by atoms with Gasteiger partial charge in [0.2, 0.25) is 0 Å². The van der Waals surface area contributed by atoms with E-state index in [2.05, 4.69) is 12.0 Å². The monoisotopic (exact) mass is 187 g/mol. The van der Waals surface area contributed by atoms with Crippen LogP contribution in [0.25, 0.3) is 0 Å². The van der Waals surface area contributed by atoms with Crippen LogP contribution in [0.3, 0.4) is 0 Å². The number of hydrogen-bond donors (Lipinski definition) is 1. The lowest BCUT2D eigenvalue weighted by Gasteiger charge is -2.12. The number of aromatic nitrogens is 2. The number of benzene rings is 1. The Bertz CT molecular complexity index is 389. The van der Waals surface area contributed by atoms with Gasteiger partial charge in [-0.15, -0.1) is 0 Å². The smallest absolute Gasteiger partial charge is 0.0740 e. The van der Waals surface area contributed by atoms with Crippen molar-refractivity contribution in [3.8, 4) is 0 Å². The van der Waals surface area contributed by atoms with Gasteiger partial charge in [-0.05, 0) is 30.7 Å². The molecule has 0 bridgehead atoms. The van der Waals surface area contributed by atoms with Crippen LogP contribution in [0.4, 0.5) is 5.69 Å². The molecule has 14 heavy (non-hydrogen) atoms. The molecule has 2 N–H and O–H groups in total. The van der Waals surface area contributed by atoms with Crippen LogP contribution in [0.2, 0.25) is 0 Å². The van der Waals surface area contributed by atoms with Crippen LogP contribution in [0.15, 0.2) is 42.7 Å². The number of nitrogen functional groups attached to an aromatic ring is 1. The molecule has 72 valence electrons. The fraction of sp³-hybridized carbons (Fsp3) is 0.182. The Morgan fingerprint density at radius 1 is 1.29 bits per heavy atom. The number of nitrogens with two attached hydrogens (primary N) is 1. The summed E-state index contributed by atoms with van der Waals surface area (Å²) in [5.41, 5.74) is 7.63. The van der Waals surface area contributed by atoms with Crippen molar-refractivity contribution >= 4 is 5.69 Å². The molecular formula is C11H13N3. The van der Waals surface area contributed by atoms with E-state index in [-0.39, 0.29) is 6.04 Å². The van der Waals surface area contributed by atoms with Gasteiger partial charge in [-0.1, -0.05) is 12.1 Å². The van der Waals surface area contributed by atoms with Gasteiger partial charge in [0, 0.05) is 18.1 Å². The normalized spacial score (nSPS) is 12.6. The largest absolute Gasteiger partial charge is 0.399 e. The van der Waals surface area contributed by atoms with Crippen molar-refractivity contribution in [2.24, 2.45) is 0 Å². The highest BCUT2D eigenvalue weighted by Gasteiger charge is 2.06. The lowest BCUT2D eigenvalue weighted by Crippen LogP contribution is -2.06. The predicted molar refractivity (Wildman–Crippen MR) is 56.9 cm³/mol. The summed E-state index contributed by atoms with van der Waals surface area (Å²) >= 11 is 0. The maximum atomic E-state index is 5.62. The van der Waals surface area contributed by atoms with E-state index in [1.54, 1.807) is 6.20 Å². The first kappa shape index (κ1) is 8.81. The molecule has 1 aromatic heterocycles. The SMILES string of the molecule is CC(c1ccc(N)cc1)n1cccn1. The molecular weight excluding hydrogens is 174 g/mol. The minimum atomic E-state index is 0.255. The van der Waals surface area contributed by atoms with E-state index in [4.69, 9.17) is 5.73 Å². The molecule has 0 saturated carbocycles. The van der Waals surface area contributed by atoms with E-state index in [1.807, 2.05) is 41.2 Å². The second-order valence-corrected chi connectivity index (χ2v) is 3.33. The van der Waals surface area contributed by atoms with Crippen molar-refractivity contribution in [3.05, 3.63) is 48.3 Å². The predicted octanol–water partition coefficient (Wildman–Crippen LogP) is 2.07. The second kappa shape index (κ2) is 3.54. The molecule has 2 aromatic rings. The Labute approximate surface area is 83.2 Å². The summed E-state index contributed by atoms with van der Waals surface area (Å²) in [6.07, 6.45) is 3.74. The first-order valence-corrected chi connectivity index (χ1v) is 4.62. The van der Waals surface area contributed by atoms with E-state index in [9.17, 15) is 0 Å². The maximum Gasteiger partial charge on any atom is 0.0740 e. The van der Waals surface area contributed by atoms with Crippen molar-refractivity contribution in [2.75, 3.05) is 5.73 Å². The number of hydrogen-bond acceptors (Lipinski definition) is 2. The highest BCUT2D eigenvalue weighted by atomic mass is 15.3. The zero-order chi connectivity index (χ0) is 9.97. The van der Waals surface area contributed by atoms with Gasteiger partial charge in [0.25, 0.3) is 0 Å².